The van der Waals surface area contributed by atoms with Crippen molar-refractivity contribution in [3.05, 3.63) is 39.4 Å². The van der Waals surface area contributed by atoms with Crippen molar-refractivity contribution >= 4 is 26.8 Å². The highest BCUT2D eigenvalue weighted by atomic mass is 79.9. The van der Waals surface area contributed by atoms with Crippen molar-refractivity contribution in [3.63, 3.8) is 0 Å². The molecule has 1 atom stereocenters. The Morgan fingerprint density at radius 3 is 2.69 bits per heavy atom. The first-order valence-corrected chi connectivity index (χ1v) is 6.06. The number of hydrogen-bond acceptors (Lipinski definition) is 2. The van der Waals surface area contributed by atoms with Crippen molar-refractivity contribution in [3.8, 4) is 0 Å². The number of nitrogens with zero attached hydrogens (tertiary/aromatic N) is 1. The van der Waals surface area contributed by atoms with Gasteiger partial charge in [0.05, 0.1) is 10.9 Å². The molecule has 3 nitrogen and oxygen atoms in total. The molecule has 1 unspecified atom stereocenters. The minimum atomic E-state index is -0.0723. The number of aryl methyl sites for hydroxylation is 2. The Kier molecular flexibility index (Phi) is 2.84. The number of aromatic amines is 1. The molecule has 0 saturated carbocycles. The Balaban J connectivity index is 2.85. The van der Waals surface area contributed by atoms with Crippen molar-refractivity contribution in [2.24, 2.45) is 0 Å². The predicted octanol–water partition coefficient (Wildman–Crippen LogP) is 3.00. The molecular formula is C12H13BrN2O. The largest absolute Gasteiger partial charge is 0.310 e. The van der Waals surface area contributed by atoms with Crippen LogP contribution in [-0.4, -0.2) is 9.97 Å². The maximum atomic E-state index is 11.8. The minimum absolute atomic E-state index is 0.0723. The van der Waals surface area contributed by atoms with E-state index in [0.717, 1.165) is 16.6 Å². The summed E-state index contributed by atoms with van der Waals surface area (Å²) < 4.78 is 0. The van der Waals surface area contributed by atoms with E-state index in [1.165, 1.54) is 0 Å². The molecule has 1 N–H and O–H groups in total. The summed E-state index contributed by atoms with van der Waals surface area (Å²) in [7, 11) is 0. The molecular weight excluding hydrogens is 268 g/mol. The van der Waals surface area contributed by atoms with Crippen LogP contribution in [0, 0.1) is 13.8 Å². The van der Waals surface area contributed by atoms with Crippen LogP contribution in [0.3, 0.4) is 0 Å². The quantitative estimate of drug-likeness (QED) is 0.817. The summed E-state index contributed by atoms with van der Waals surface area (Å²) in [6.07, 6.45) is 0. The fourth-order valence-electron chi connectivity index (χ4n) is 1.85. The second-order valence-electron chi connectivity index (χ2n) is 3.99. The molecule has 0 spiro atoms. The van der Waals surface area contributed by atoms with Crippen LogP contribution in [0.25, 0.3) is 10.9 Å². The summed E-state index contributed by atoms with van der Waals surface area (Å²) in [5, 5.41) is 0.650. The Labute approximate surface area is 102 Å². The van der Waals surface area contributed by atoms with E-state index >= 15 is 0 Å². The predicted molar refractivity (Wildman–Crippen MR) is 69.2 cm³/mol. The van der Waals surface area contributed by atoms with E-state index < -0.39 is 0 Å². The first-order chi connectivity index (χ1) is 7.49. The molecule has 84 valence electrons. The van der Waals surface area contributed by atoms with Gasteiger partial charge in [0.1, 0.15) is 5.82 Å². The second kappa shape index (κ2) is 4.01. The summed E-state index contributed by atoms with van der Waals surface area (Å²) in [6, 6.07) is 3.88. The molecule has 1 aromatic heterocycles. The third-order valence-electron chi connectivity index (χ3n) is 2.64. The number of hydrogen-bond donors (Lipinski definition) is 1. The van der Waals surface area contributed by atoms with Gasteiger partial charge in [0, 0.05) is 4.83 Å². The number of halogens is 1. The average Bonchev–Trinajstić information content (AvgIpc) is 2.15. The Hall–Kier alpha value is -1.16. The van der Waals surface area contributed by atoms with Crippen LogP contribution in [0.1, 0.15) is 28.7 Å². The number of nitrogens with one attached hydrogen (secondary N) is 1. The maximum absolute atomic E-state index is 11.8. The van der Waals surface area contributed by atoms with E-state index in [0.29, 0.717) is 11.2 Å². The van der Waals surface area contributed by atoms with Gasteiger partial charge in [0.2, 0.25) is 0 Å². The van der Waals surface area contributed by atoms with Crippen LogP contribution in [0.2, 0.25) is 0 Å². The van der Waals surface area contributed by atoms with Gasteiger partial charge in [-0.2, -0.15) is 0 Å². The zero-order chi connectivity index (χ0) is 11.9. The van der Waals surface area contributed by atoms with Crippen molar-refractivity contribution in [1.29, 1.82) is 0 Å². The van der Waals surface area contributed by atoms with Gasteiger partial charge in [-0.05, 0) is 44.0 Å². The number of aromatic nitrogens is 2. The smallest absolute Gasteiger partial charge is 0.258 e. The lowest BCUT2D eigenvalue weighted by Gasteiger charge is -2.09. The summed E-state index contributed by atoms with van der Waals surface area (Å²) in [5.41, 5.74) is 2.96. The van der Waals surface area contributed by atoms with E-state index in [9.17, 15) is 4.79 Å². The van der Waals surface area contributed by atoms with Crippen molar-refractivity contribution < 1.29 is 0 Å². The van der Waals surface area contributed by atoms with Gasteiger partial charge in [0.15, 0.2) is 0 Å². The van der Waals surface area contributed by atoms with Gasteiger partial charge in [-0.3, -0.25) is 4.79 Å². The van der Waals surface area contributed by atoms with E-state index in [-0.39, 0.29) is 10.4 Å². The van der Waals surface area contributed by atoms with Crippen molar-refractivity contribution in [2.45, 2.75) is 25.6 Å². The van der Waals surface area contributed by atoms with Crippen LogP contribution in [0.5, 0.6) is 0 Å². The lowest BCUT2D eigenvalue weighted by Crippen LogP contribution is -2.10. The van der Waals surface area contributed by atoms with Gasteiger partial charge in [-0.25, -0.2) is 4.98 Å². The summed E-state index contributed by atoms with van der Waals surface area (Å²) in [6.45, 7) is 5.87. The highest BCUT2D eigenvalue weighted by molar-refractivity contribution is 9.09. The number of alkyl halides is 1. The Morgan fingerprint density at radius 1 is 1.38 bits per heavy atom. The highest BCUT2D eigenvalue weighted by Crippen LogP contribution is 2.27. The third kappa shape index (κ3) is 1.89. The minimum Gasteiger partial charge on any atom is -0.310 e. The van der Waals surface area contributed by atoms with Gasteiger partial charge >= 0.3 is 0 Å². The van der Waals surface area contributed by atoms with E-state index in [1.807, 2.05) is 26.0 Å². The van der Waals surface area contributed by atoms with Crippen molar-refractivity contribution in [2.75, 3.05) is 0 Å². The lowest BCUT2D eigenvalue weighted by atomic mass is 10.0. The highest BCUT2D eigenvalue weighted by Gasteiger charge is 2.09. The van der Waals surface area contributed by atoms with E-state index in [2.05, 4.69) is 25.9 Å². The third-order valence-corrected chi connectivity index (χ3v) is 3.13. The molecule has 1 aromatic carbocycles. The number of benzene rings is 1. The summed E-state index contributed by atoms with van der Waals surface area (Å²) >= 11 is 3.53. The monoisotopic (exact) mass is 280 g/mol. The summed E-state index contributed by atoms with van der Waals surface area (Å²) in [5.74, 6) is 0.650. The molecule has 0 fully saturated rings. The fourth-order valence-corrected chi connectivity index (χ4v) is 2.35. The fraction of sp³-hybridized carbons (Fsp3) is 0.333. The summed E-state index contributed by atoms with van der Waals surface area (Å²) in [4.78, 5) is 19.1. The molecule has 4 heteroatoms. The Bertz CT molecular complexity index is 602. The van der Waals surface area contributed by atoms with Crippen LogP contribution in [0.4, 0.5) is 0 Å². The zero-order valence-corrected chi connectivity index (χ0v) is 11.1. The number of rotatable bonds is 1. The SMILES string of the molecule is Cc1nc2cc(C)c(C(C)Br)cc2c(=O)[nH]1. The molecule has 1 heterocycles. The van der Waals surface area contributed by atoms with Crippen molar-refractivity contribution in [1.82, 2.24) is 9.97 Å². The van der Waals surface area contributed by atoms with Gasteiger partial charge in [-0.15, -0.1) is 0 Å². The topological polar surface area (TPSA) is 45.8 Å². The first-order valence-electron chi connectivity index (χ1n) is 5.14. The second-order valence-corrected chi connectivity index (χ2v) is 5.37. The molecule has 0 aliphatic carbocycles. The van der Waals surface area contributed by atoms with E-state index in [1.54, 1.807) is 6.92 Å². The standard InChI is InChI=1S/C12H13BrN2O/c1-6-4-11-10(5-9(6)7(2)13)12(16)15-8(3)14-11/h4-5,7H,1-3H3,(H,14,15,16). The average molecular weight is 281 g/mol. The molecule has 0 aliphatic heterocycles. The van der Waals surface area contributed by atoms with Gasteiger partial charge in [0.25, 0.3) is 5.56 Å². The molecule has 0 saturated heterocycles. The van der Waals surface area contributed by atoms with Crippen LogP contribution in [0.15, 0.2) is 16.9 Å². The van der Waals surface area contributed by atoms with E-state index in [4.69, 9.17) is 0 Å². The molecule has 2 rings (SSSR count). The molecule has 0 radical (unpaired) electrons. The normalized spacial score (nSPS) is 13.0. The zero-order valence-electron chi connectivity index (χ0n) is 9.47. The molecule has 0 amide bonds. The van der Waals surface area contributed by atoms with Crippen LogP contribution < -0.4 is 5.56 Å². The number of fused-ring (bicyclic) bond motifs is 1. The molecule has 16 heavy (non-hydrogen) atoms. The van der Waals surface area contributed by atoms with Crippen LogP contribution >= 0.6 is 15.9 Å². The molecule has 2 aromatic rings. The first kappa shape index (κ1) is 11.3. The van der Waals surface area contributed by atoms with Crippen LogP contribution in [-0.2, 0) is 0 Å². The maximum Gasteiger partial charge on any atom is 0.258 e. The lowest BCUT2D eigenvalue weighted by molar-refractivity contribution is 1.05. The Morgan fingerprint density at radius 2 is 2.06 bits per heavy atom. The van der Waals surface area contributed by atoms with Gasteiger partial charge in [-0.1, -0.05) is 15.9 Å². The molecule has 0 bridgehead atoms. The van der Waals surface area contributed by atoms with Gasteiger partial charge < -0.3 is 4.98 Å². The molecule has 0 aliphatic rings. The number of H-pyrrole nitrogens is 1.